The summed E-state index contributed by atoms with van der Waals surface area (Å²) >= 11 is 0. The molecule has 192 valence electrons. The number of fused-ring (bicyclic) bond motifs is 2. The van der Waals surface area contributed by atoms with Crippen molar-refractivity contribution < 1.29 is 17.9 Å². The number of aryl methyl sites for hydroxylation is 1. The van der Waals surface area contributed by atoms with Gasteiger partial charge in [-0.1, -0.05) is 6.07 Å². The number of hydrogen-bond acceptors (Lipinski definition) is 5. The van der Waals surface area contributed by atoms with Crippen LogP contribution in [0, 0.1) is 6.92 Å². The maximum absolute atomic E-state index is 13.1. The highest BCUT2D eigenvalue weighted by Crippen LogP contribution is 2.40. The van der Waals surface area contributed by atoms with Crippen LogP contribution in [0.15, 0.2) is 30.6 Å². The van der Waals surface area contributed by atoms with Crippen molar-refractivity contribution >= 4 is 27.1 Å². The van der Waals surface area contributed by atoms with E-state index in [4.69, 9.17) is 4.74 Å². The van der Waals surface area contributed by atoms with E-state index in [-0.39, 0.29) is 12.1 Å². The number of amides is 1. The summed E-state index contributed by atoms with van der Waals surface area (Å²) in [6.45, 7) is 9.04. The normalized spacial score (nSPS) is 19.0. The van der Waals surface area contributed by atoms with E-state index >= 15 is 0 Å². The van der Waals surface area contributed by atoms with Crippen molar-refractivity contribution in [2.45, 2.75) is 65.1 Å². The van der Waals surface area contributed by atoms with Gasteiger partial charge in [0.25, 0.3) is 0 Å². The second-order valence-corrected chi connectivity index (χ2v) is 13.0. The van der Waals surface area contributed by atoms with Gasteiger partial charge in [-0.05, 0) is 86.9 Å². The molecule has 2 aliphatic heterocycles. The molecule has 2 aromatic heterocycles. The number of benzene rings is 1. The molecule has 9 heteroatoms. The monoisotopic (exact) mass is 510 g/mol. The summed E-state index contributed by atoms with van der Waals surface area (Å²) in [5.41, 5.74) is 6.56. The molecule has 1 saturated heterocycles. The van der Waals surface area contributed by atoms with E-state index < -0.39 is 15.6 Å². The van der Waals surface area contributed by atoms with Crippen molar-refractivity contribution in [2.75, 3.05) is 19.3 Å². The van der Waals surface area contributed by atoms with Gasteiger partial charge in [0.1, 0.15) is 11.2 Å². The molecule has 0 spiro atoms. The Labute approximate surface area is 212 Å². The van der Waals surface area contributed by atoms with Gasteiger partial charge in [-0.15, -0.1) is 0 Å². The molecule has 3 aromatic rings. The first-order valence-electron chi connectivity index (χ1n) is 12.5. The second kappa shape index (κ2) is 8.88. The lowest BCUT2D eigenvalue weighted by atomic mass is 9.87. The standard InChI is InChI=1S/C27H34N4O4S/c1-17-14-28-25-21(17)13-20(15-29-25)19-11-18-8-10-30(36(5,33)34)16-23(18)22(12-19)24-7-6-9-31(24)26(32)35-27(2,3)4/h11-15,24H,6-10,16H2,1-5H3,(H,28,29). The van der Waals surface area contributed by atoms with Crippen LogP contribution in [-0.2, 0) is 27.7 Å². The second-order valence-electron chi connectivity index (χ2n) is 11.0. The lowest BCUT2D eigenvalue weighted by Gasteiger charge is -2.34. The summed E-state index contributed by atoms with van der Waals surface area (Å²) in [7, 11) is -3.33. The van der Waals surface area contributed by atoms with Crippen LogP contribution in [0.2, 0.25) is 0 Å². The Hall–Kier alpha value is -2.91. The molecule has 1 unspecified atom stereocenters. The van der Waals surface area contributed by atoms with Gasteiger partial charge in [-0.3, -0.25) is 0 Å². The van der Waals surface area contributed by atoms with Gasteiger partial charge in [0.2, 0.25) is 10.0 Å². The zero-order valence-electron chi connectivity index (χ0n) is 21.6. The first-order chi connectivity index (χ1) is 16.9. The Morgan fingerprint density at radius 3 is 2.67 bits per heavy atom. The van der Waals surface area contributed by atoms with E-state index in [2.05, 4.69) is 35.1 Å². The van der Waals surface area contributed by atoms with Crippen molar-refractivity contribution in [3.05, 3.63) is 52.8 Å². The number of ether oxygens (including phenoxy) is 1. The van der Waals surface area contributed by atoms with E-state index in [0.29, 0.717) is 26.1 Å². The maximum atomic E-state index is 13.1. The molecule has 4 heterocycles. The predicted molar refractivity (Wildman–Crippen MR) is 140 cm³/mol. The van der Waals surface area contributed by atoms with Gasteiger partial charge in [0, 0.05) is 43.0 Å². The van der Waals surface area contributed by atoms with E-state index in [9.17, 15) is 13.2 Å². The molecular weight excluding hydrogens is 476 g/mol. The Morgan fingerprint density at radius 1 is 1.17 bits per heavy atom. The quantitative estimate of drug-likeness (QED) is 0.539. The Kier molecular flexibility index (Phi) is 6.11. The van der Waals surface area contributed by atoms with E-state index in [1.807, 2.05) is 38.1 Å². The van der Waals surface area contributed by atoms with E-state index in [1.165, 1.54) is 10.6 Å². The molecule has 0 aliphatic carbocycles. The summed E-state index contributed by atoms with van der Waals surface area (Å²) in [6, 6.07) is 6.27. The molecule has 0 bridgehead atoms. The number of likely N-dealkylation sites (tertiary alicyclic amines) is 1. The van der Waals surface area contributed by atoms with E-state index in [1.54, 1.807) is 0 Å². The fourth-order valence-electron chi connectivity index (χ4n) is 5.34. The number of aromatic nitrogens is 2. The zero-order valence-corrected chi connectivity index (χ0v) is 22.4. The number of sulfonamides is 1. The third kappa shape index (κ3) is 4.74. The molecule has 0 saturated carbocycles. The Bertz CT molecular complexity index is 1440. The van der Waals surface area contributed by atoms with Crippen molar-refractivity contribution in [1.82, 2.24) is 19.2 Å². The van der Waals surface area contributed by atoms with Gasteiger partial charge in [0.05, 0.1) is 12.3 Å². The summed E-state index contributed by atoms with van der Waals surface area (Å²) < 4.78 is 32.1. The average molecular weight is 511 g/mol. The molecule has 2 aliphatic rings. The first-order valence-corrected chi connectivity index (χ1v) is 14.3. The van der Waals surface area contributed by atoms with Crippen LogP contribution in [0.5, 0.6) is 0 Å². The highest BCUT2D eigenvalue weighted by Gasteiger charge is 2.36. The molecule has 5 rings (SSSR count). The lowest BCUT2D eigenvalue weighted by molar-refractivity contribution is 0.0223. The minimum Gasteiger partial charge on any atom is -0.444 e. The fraction of sp³-hybridized carbons (Fsp3) is 0.481. The smallest absolute Gasteiger partial charge is 0.410 e. The van der Waals surface area contributed by atoms with Crippen LogP contribution in [0.4, 0.5) is 4.79 Å². The van der Waals surface area contributed by atoms with Gasteiger partial charge < -0.3 is 14.6 Å². The third-order valence-corrected chi connectivity index (χ3v) is 8.37. The maximum Gasteiger partial charge on any atom is 0.410 e. The molecule has 1 amide bonds. The van der Waals surface area contributed by atoms with E-state index in [0.717, 1.165) is 57.3 Å². The summed E-state index contributed by atoms with van der Waals surface area (Å²) in [6.07, 6.45) is 7.06. The van der Waals surface area contributed by atoms with Gasteiger partial charge in [0.15, 0.2) is 0 Å². The summed E-state index contributed by atoms with van der Waals surface area (Å²) in [4.78, 5) is 22.8. The SMILES string of the molecule is Cc1c[nH]c2ncc(-c3cc4c(c(C5CCCN5C(=O)OC(C)(C)C)c3)CN(S(C)(=O)=O)CC4)cc12. The minimum atomic E-state index is -3.33. The Balaban J connectivity index is 1.62. The summed E-state index contributed by atoms with van der Waals surface area (Å²) in [5.74, 6) is 0. The number of carbonyl (C=O) groups excluding carboxylic acids is 1. The van der Waals surface area contributed by atoms with Crippen molar-refractivity contribution in [1.29, 1.82) is 0 Å². The van der Waals surface area contributed by atoms with Crippen LogP contribution in [0.25, 0.3) is 22.2 Å². The van der Waals surface area contributed by atoms with Crippen LogP contribution in [-0.4, -0.2) is 58.6 Å². The van der Waals surface area contributed by atoms with Gasteiger partial charge >= 0.3 is 6.09 Å². The third-order valence-electron chi connectivity index (χ3n) is 7.12. The van der Waals surface area contributed by atoms with Crippen LogP contribution < -0.4 is 0 Å². The Morgan fingerprint density at radius 2 is 1.94 bits per heavy atom. The van der Waals surface area contributed by atoms with Crippen LogP contribution in [0.3, 0.4) is 0 Å². The molecular formula is C27H34N4O4S. The minimum absolute atomic E-state index is 0.168. The van der Waals surface area contributed by atoms with Gasteiger partial charge in [-0.25, -0.2) is 18.2 Å². The van der Waals surface area contributed by atoms with Crippen molar-refractivity contribution in [2.24, 2.45) is 0 Å². The number of rotatable bonds is 3. The number of hydrogen-bond donors (Lipinski definition) is 1. The number of pyridine rings is 1. The molecule has 1 fully saturated rings. The predicted octanol–water partition coefficient (Wildman–Crippen LogP) is 4.93. The van der Waals surface area contributed by atoms with Crippen LogP contribution >= 0.6 is 0 Å². The number of H-pyrrole nitrogens is 1. The molecule has 36 heavy (non-hydrogen) atoms. The summed E-state index contributed by atoms with van der Waals surface area (Å²) in [5, 5.41) is 1.08. The lowest BCUT2D eigenvalue weighted by Crippen LogP contribution is -2.38. The number of aromatic amines is 1. The highest BCUT2D eigenvalue weighted by atomic mass is 32.2. The number of carbonyl (C=O) groups is 1. The highest BCUT2D eigenvalue weighted by molar-refractivity contribution is 7.88. The largest absolute Gasteiger partial charge is 0.444 e. The topological polar surface area (TPSA) is 95.6 Å². The van der Waals surface area contributed by atoms with Gasteiger partial charge in [-0.2, -0.15) is 4.31 Å². The first kappa shape index (κ1) is 24.8. The molecule has 8 nitrogen and oxygen atoms in total. The number of nitrogens with one attached hydrogen (secondary N) is 1. The van der Waals surface area contributed by atoms with Crippen LogP contribution in [0.1, 0.15) is 61.9 Å². The molecule has 1 aromatic carbocycles. The fourth-order valence-corrected chi connectivity index (χ4v) is 6.13. The average Bonchev–Trinajstić information content (AvgIpc) is 3.43. The molecule has 1 atom stereocenters. The molecule has 0 radical (unpaired) electrons. The number of nitrogens with zero attached hydrogens (tertiary/aromatic N) is 3. The zero-order chi connectivity index (χ0) is 25.8. The molecule has 1 N–H and O–H groups in total. The van der Waals surface area contributed by atoms with Crippen molar-refractivity contribution in [3.63, 3.8) is 0 Å². The van der Waals surface area contributed by atoms with Crippen molar-refractivity contribution in [3.8, 4) is 11.1 Å².